The van der Waals surface area contributed by atoms with E-state index in [9.17, 15) is 0 Å². The van der Waals surface area contributed by atoms with Crippen LogP contribution < -0.4 is 10.2 Å². The van der Waals surface area contributed by atoms with E-state index in [2.05, 4.69) is 62.2 Å². The lowest BCUT2D eigenvalue weighted by Crippen LogP contribution is -2.24. The zero-order valence-electron chi connectivity index (χ0n) is 11.7. The number of hydrogen-bond donors (Lipinski definition) is 1. The Morgan fingerprint density at radius 1 is 1.06 bits per heavy atom. The van der Waals surface area contributed by atoms with Crippen molar-refractivity contribution < 1.29 is 0 Å². The summed E-state index contributed by atoms with van der Waals surface area (Å²) in [6.45, 7) is 11.9. The third kappa shape index (κ3) is 4.39. The van der Waals surface area contributed by atoms with Crippen LogP contribution in [0.3, 0.4) is 0 Å². The molecule has 0 radical (unpaired) electrons. The van der Waals surface area contributed by atoms with Crippen LogP contribution >= 0.6 is 0 Å². The van der Waals surface area contributed by atoms with Crippen molar-refractivity contribution in [3.05, 3.63) is 29.8 Å². The van der Waals surface area contributed by atoms with Gasteiger partial charge in [-0.1, -0.05) is 19.1 Å². The van der Waals surface area contributed by atoms with Crippen LogP contribution in [0.4, 0.5) is 5.69 Å². The summed E-state index contributed by atoms with van der Waals surface area (Å²) in [6, 6.07) is 9.49. The van der Waals surface area contributed by atoms with E-state index < -0.39 is 0 Å². The van der Waals surface area contributed by atoms with Gasteiger partial charge in [0.1, 0.15) is 0 Å². The van der Waals surface area contributed by atoms with Crippen LogP contribution in [0.25, 0.3) is 0 Å². The Kier molecular flexibility index (Phi) is 6.06. The maximum atomic E-state index is 3.51. The quantitative estimate of drug-likeness (QED) is 0.777. The Morgan fingerprint density at radius 2 is 1.65 bits per heavy atom. The average Bonchev–Trinajstić information content (AvgIpc) is 2.38. The van der Waals surface area contributed by atoms with Crippen molar-refractivity contribution in [2.24, 2.45) is 0 Å². The molecule has 2 nitrogen and oxygen atoms in total. The molecule has 0 heterocycles. The molecular weight excluding hydrogens is 208 g/mol. The molecule has 0 aliphatic rings. The van der Waals surface area contributed by atoms with Crippen LogP contribution in [0.15, 0.2) is 24.3 Å². The maximum absolute atomic E-state index is 3.51. The smallest absolute Gasteiger partial charge is 0.0366 e. The molecule has 2 heteroatoms. The van der Waals surface area contributed by atoms with E-state index in [1.807, 2.05) is 0 Å². The topological polar surface area (TPSA) is 15.3 Å². The first kappa shape index (κ1) is 14.0. The molecule has 1 atom stereocenters. The fourth-order valence-corrected chi connectivity index (χ4v) is 1.85. The van der Waals surface area contributed by atoms with Crippen molar-refractivity contribution in [2.75, 3.05) is 18.0 Å². The van der Waals surface area contributed by atoms with Crippen molar-refractivity contribution in [2.45, 2.75) is 46.7 Å². The number of anilines is 1. The van der Waals surface area contributed by atoms with Crippen molar-refractivity contribution in [3.8, 4) is 0 Å². The van der Waals surface area contributed by atoms with Gasteiger partial charge in [-0.15, -0.1) is 0 Å². The van der Waals surface area contributed by atoms with E-state index in [1.165, 1.54) is 17.7 Å². The van der Waals surface area contributed by atoms with Gasteiger partial charge < -0.3 is 10.2 Å². The van der Waals surface area contributed by atoms with E-state index in [4.69, 9.17) is 0 Å². The second-order valence-corrected chi connectivity index (χ2v) is 4.53. The highest BCUT2D eigenvalue weighted by atomic mass is 15.1. The molecule has 0 amide bonds. The van der Waals surface area contributed by atoms with E-state index in [1.54, 1.807) is 0 Å². The summed E-state index contributed by atoms with van der Waals surface area (Å²) in [5.74, 6) is 0. The molecule has 0 fully saturated rings. The predicted octanol–water partition coefficient (Wildman–Crippen LogP) is 3.42. The first-order valence-corrected chi connectivity index (χ1v) is 6.78. The summed E-state index contributed by atoms with van der Waals surface area (Å²) in [7, 11) is 0. The zero-order valence-corrected chi connectivity index (χ0v) is 11.7. The third-order valence-corrected chi connectivity index (χ3v) is 3.33. The van der Waals surface area contributed by atoms with Crippen molar-refractivity contribution >= 4 is 5.69 Å². The van der Waals surface area contributed by atoms with Gasteiger partial charge in [0.15, 0.2) is 0 Å². The molecule has 0 spiro atoms. The Hall–Kier alpha value is -1.02. The van der Waals surface area contributed by atoms with Crippen LogP contribution in [0, 0.1) is 0 Å². The minimum absolute atomic E-state index is 0.595. The largest absolute Gasteiger partial charge is 0.372 e. The minimum Gasteiger partial charge on any atom is -0.372 e. The highest BCUT2D eigenvalue weighted by Gasteiger charge is 2.02. The third-order valence-electron chi connectivity index (χ3n) is 3.33. The van der Waals surface area contributed by atoms with Gasteiger partial charge in [0, 0.05) is 31.4 Å². The molecule has 1 aromatic carbocycles. The average molecular weight is 234 g/mol. The molecule has 1 aromatic rings. The Bertz CT molecular complexity index is 301. The Morgan fingerprint density at radius 3 is 2.12 bits per heavy atom. The van der Waals surface area contributed by atoms with Crippen molar-refractivity contribution in [1.29, 1.82) is 0 Å². The predicted molar refractivity (Wildman–Crippen MR) is 76.6 cm³/mol. The Labute approximate surface area is 106 Å². The number of nitrogens with one attached hydrogen (secondary N) is 1. The summed E-state index contributed by atoms with van der Waals surface area (Å²) < 4.78 is 0. The molecule has 0 bridgehead atoms. The van der Waals surface area contributed by atoms with Gasteiger partial charge in [-0.05, 0) is 44.9 Å². The summed E-state index contributed by atoms with van der Waals surface area (Å²) in [6.07, 6.45) is 1.18. The van der Waals surface area contributed by atoms with Gasteiger partial charge in [0.2, 0.25) is 0 Å². The van der Waals surface area contributed by atoms with E-state index >= 15 is 0 Å². The molecular formula is C15H26N2. The van der Waals surface area contributed by atoms with Crippen LogP contribution in [0.1, 0.15) is 39.7 Å². The van der Waals surface area contributed by atoms with Crippen molar-refractivity contribution in [1.82, 2.24) is 5.32 Å². The molecule has 96 valence electrons. The lowest BCUT2D eigenvalue weighted by Gasteiger charge is -2.21. The highest BCUT2D eigenvalue weighted by Crippen LogP contribution is 2.14. The van der Waals surface area contributed by atoms with Crippen LogP contribution in [0.2, 0.25) is 0 Å². The first-order valence-electron chi connectivity index (χ1n) is 6.78. The second-order valence-electron chi connectivity index (χ2n) is 4.53. The van der Waals surface area contributed by atoms with E-state index in [-0.39, 0.29) is 0 Å². The maximum Gasteiger partial charge on any atom is 0.0366 e. The number of hydrogen-bond acceptors (Lipinski definition) is 2. The molecule has 0 saturated heterocycles. The number of nitrogens with zero attached hydrogens (tertiary/aromatic N) is 1. The first-order chi connectivity index (χ1) is 8.21. The molecule has 0 unspecified atom stereocenters. The van der Waals surface area contributed by atoms with Crippen LogP contribution in [-0.4, -0.2) is 19.1 Å². The van der Waals surface area contributed by atoms with E-state index in [0.29, 0.717) is 6.04 Å². The molecule has 0 aromatic heterocycles. The Balaban J connectivity index is 2.55. The van der Waals surface area contributed by atoms with Gasteiger partial charge in [0.05, 0.1) is 0 Å². The summed E-state index contributed by atoms with van der Waals surface area (Å²) in [5.41, 5.74) is 2.68. The standard InChI is InChI=1S/C15H26N2/c1-5-13(4)16-12-14-8-10-15(11-9-14)17(6-2)7-3/h8-11,13,16H,5-7,12H2,1-4H3/t13-/m1/s1. The lowest BCUT2D eigenvalue weighted by molar-refractivity contribution is 0.534. The molecule has 1 rings (SSSR count). The number of benzene rings is 1. The number of rotatable bonds is 7. The van der Waals surface area contributed by atoms with Crippen LogP contribution in [-0.2, 0) is 6.54 Å². The fraction of sp³-hybridized carbons (Fsp3) is 0.600. The molecule has 1 N–H and O–H groups in total. The van der Waals surface area contributed by atoms with Crippen molar-refractivity contribution in [3.63, 3.8) is 0 Å². The van der Waals surface area contributed by atoms with Gasteiger partial charge in [-0.3, -0.25) is 0 Å². The molecule has 17 heavy (non-hydrogen) atoms. The summed E-state index contributed by atoms with van der Waals surface area (Å²) in [4.78, 5) is 2.37. The molecule has 0 aliphatic carbocycles. The lowest BCUT2D eigenvalue weighted by atomic mass is 10.1. The van der Waals surface area contributed by atoms with E-state index in [0.717, 1.165) is 19.6 Å². The summed E-state index contributed by atoms with van der Waals surface area (Å²) >= 11 is 0. The van der Waals surface area contributed by atoms with Crippen LogP contribution in [0.5, 0.6) is 0 Å². The second kappa shape index (κ2) is 7.33. The van der Waals surface area contributed by atoms with Gasteiger partial charge in [-0.25, -0.2) is 0 Å². The monoisotopic (exact) mass is 234 g/mol. The zero-order chi connectivity index (χ0) is 12.7. The SMILES string of the molecule is CC[C@@H](C)NCc1ccc(N(CC)CC)cc1. The normalized spacial score (nSPS) is 12.5. The highest BCUT2D eigenvalue weighted by molar-refractivity contribution is 5.47. The summed E-state index contributed by atoms with van der Waals surface area (Å²) in [5, 5.41) is 3.51. The molecule has 0 aliphatic heterocycles. The van der Waals surface area contributed by atoms with Gasteiger partial charge in [-0.2, -0.15) is 0 Å². The minimum atomic E-state index is 0.595. The van der Waals surface area contributed by atoms with Gasteiger partial charge in [0.25, 0.3) is 0 Å². The molecule has 0 saturated carbocycles. The van der Waals surface area contributed by atoms with Gasteiger partial charge >= 0.3 is 0 Å². The fourth-order valence-electron chi connectivity index (χ4n) is 1.85.